The van der Waals surface area contributed by atoms with Crippen LogP contribution in [0.15, 0.2) is 29.7 Å². The molecular weight excluding hydrogens is 310 g/mol. The van der Waals surface area contributed by atoms with Crippen LogP contribution in [-0.2, 0) is 4.79 Å². The Labute approximate surface area is 140 Å². The summed E-state index contributed by atoms with van der Waals surface area (Å²) in [6.07, 6.45) is 1.99. The van der Waals surface area contributed by atoms with Gasteiger partial charge in [0, 0.05) is 19.3 Å². The van der Waals surface area contributed by atoms with Gasteiger partial charge in [-0.05, 0) is 37.1 Å². The topological polar surface area (TPSA) is 74.8 Å². The van der Waals surface area contributed by atoms with Gasteiger partial charge in [0.2, 0.25) is 5.91 Å². The number of amides is 1. The third-order valence-corrected chi connectivity index (χ3v) is 4.52. The molecule has 0 fully saturated rings. The van der Waals surface area contributed by atoms with Gasteiger partial charge in [0.25, 0.3) is 0 Å². The number of aromatic nitrogens is 3. The summed E-state index contributed by atoms with van der Waals surface area (Å²) in [5, 5.41) is 17.3. The van der Waals surface area contributed by atoms with Crippen molar-refractivity contribution in [3.8, 4) is 11.8 Å². The molecule has 1 aromatic heterocycles. The van der Waals surface area contributed by atoms with E-state index in [1.54, 1.807) is 18.3 Å². The Morgan fingerprint density at radius 1 is 1.39 bits per heavy atom. The number of aryl methyl sites for hydroxylation is 2. The molecule has 2 rings (SSSR count). The zero-order valence-corrected chi connectivity index (χ0v) is 14.3. The molecule has 0 aliphatic heterocycles. The highest BCUT2D eigenvalue weighted by Gasteiger charge is 2.13. The number of hydrogen-bond donors (Lipinski definition) is 0. The van der Waals surface area contributed by atoms with Crippen LogP contribution in [-0.4, -0.2) is 44.9 Å². The van der Waals surface area contributed by atoms with Crippen LogP contribution in [0.4, 0.5) is 0 Å². The van der Waals surface area contributed by atoms with Crippen molar-refractivity contribution in [1.82, 2.24) is 19.7 Å². The van der Waals surface area contributed by atoms with Crippen molar-refractivity contribution in [3.05, 3.63) is 35.7 Å². The molecule has 0 atom stereocenters. The number of thioether (sulfide) groups is 1. The van der Waals surface area contributed by atoms with Crippen LogP contribution in [0.25, 0.3) is 5.69 Å². The van der Waals surface area contributed by atoms with Crippen molar-refractivity contribution in [2.24, 2.45) is 0 Å². The van der Waals surface area contributed by atoms with E-state index in [9.17, 15) is 4.79 Å². The van der Waals surface area contributed by atoms with E-state index in [0.29, 0.717) is 18.1 Å². The summed E-state index contributed by atoms with van der Waals surface area (Å²) in [7, 11) is 1.70. The maximum atomic E-state index is 12.0. The van der Waals surface area contributed by atoms with Crippen molar-refractivity contribution >= 4 is 17.7 Å². The fourth-order valence-corrected chi connectivity index (χ4v) is 2.82. The average molecular weight is 329 g/mol. The highest BCUT2D eigenvalue weighted by atomic mass is 32.2. The third-order valence-electron chi connectivity index (χ3n) is 3.59. The maximum Gasteiger partial charge on any atom is 0.232 e. The largest absolute Gasteiger partial charge is 0.344 e. The number of hydrogen-bond acceptors (Lipinski definition) is 5. The van der Waals surface area contributed by atoms with Gasteiger partial charge in [-0.15, -0.1) is 10.2 Å². The molecule has 0 aliphatic carbocycles. The van der Waals surface area contributed by atoms with Crippen LogP contribution >= 0.6 is 11.8 Å². The number of nitrogens with zero attached hydrogens (tertiary/aromatic N) is 5. The molecular formula is C16H19N5OS. The second-order valence-corrected chi connectivity index (χ2v) is 6.21. The lowest BCUT2D eigenvalue weighted by Gasteiger charge is -2.15. The van der Waals surface area contributed by atoms with Crippen molar-refractivity contribution in [1.29, 1.82) is 5.26 Å². The van der Waals surface area contributed by atoms with E-state index in [-0.39, 0.29) is 11.7 Å². The third kappa shape index (κ3) is 4.33. The Morgan fingerprint density at radius 3 is 2.87 bits per heavy atom. The lowest BCUT2D eigenvalue weighted by atomic mass is 10.1. The Bertz CT molecular complexity index is 734. The number of carbonyl (C=O) groups is 1. The first kappa shape index (κ1) is 17.0. The summed E-state index contributed by atoms with van der Waals surface area (Å²) in [6, 6.07) is 8.18. The molecule has 0 unspecified atom stereocenters. The van der Waals surface area contributed by atoms with Crippen molar-refractivity contribution in [3.63, 3.8) is 0 Å². The highest BCUT2D eigenvalue weighted by Crippen LogP contribution is 2.21. The lowest BCUT2D eigenvalue weighted by molar-refractivity contribution is -0.127. The lowest BCUT2D eigenvalue weighted by Crippen LogP contribution is -2.29. The van der Waals surface area contributed by atoms with Gasteiger partial charge in [0.15, 0.2) is 5.16 Å². The Morgan fingerprint density at radius 2 is 2.17 bits per heavy atom. The first-order valence-electron chi connectivity index (χ1n) is 7.24. The fourth-order valence-electron chi connectivity index (χ4n) is 1.95. The summed E-state index contributed by atoms with van der Waals surface area (Å²) in [5.41, 5.74) is 3.40. The normalized spacial score (nSPS) is 10.3. The molecule has 0 saturated carbocycles. The minimum absolute atomic E-state index is 0.0279. The second-order valence-electron chi connectivity index (χ2n) is 5.26. The van der Waals surface area contributed by atoms with Gasteiger partial charge in [0.1, 0.15) is 6.33 Å². The predicted molar refractivity (Wildman–Crippen MR) is 89.4 cm³/mol. The molecule has 0 N–H and O–H groups in total. The molecule has 2 aromatic rings. The summed E-state index contributed by atoms with van der Waals surface area (Å²) >= 11 is 1.34. The van der Waals surface area contributed by atoms with Gasteiger partial charge in [-0.2, -0.15) is 5.26 Å². The number of carbonyl (C=O) groups excluding carboxylic acids is 1. The Balaban J connectivity index is 2.05. The van der Waals surface area contributed by atoms with Gasteiger partial charge >= 0.3 is 0 Å². The van der Waals surface area contributed by atoms with E-state index in [1.807, 2.05) is 16.7 Å². The summed E-state index contributed by atoms with van der Waals surface area (Å²) in [4.78, 5) is 13.6. The molecule has 120 valence electrons. The minimum Gasteiger partial charge on any atom is -0.344 e. The molecule has 0 saturated heterocycles. The standard InChI is InChI=1S/C16H19N5OS/c1-12-5-6-14(9-13(12)2)21-11-18-19-16(21)23-10-15(22)20(3)8-4-7-17/h5-6,9,11H,4,8,10H2,1-3H3. The van der Waals surface area contributed by atoms with Crippen molar-refractivity contribution in [2.75, 3.05) is 19.3 Å². The number of rotatable bonds is 6. The van der Waals surface area contributed by atoms with E-state index in [0.717, 1.165) is 5.69 Å². The highest BCUT2D eigenvalue weighted by molar-refractivity contribution is 7.99. The van der Waals surface area contributed by atoms with Gasteiger partial charge in [0.05, 0.1) is 18.2 Å². The predicted octanol–water partition coefficient (Wildman–Crippen LogP) is 2.35. The Kier molecular flexibility index (Phi) is 5.77. The van der Waals surface area contributed by atoms with Crippen LogP contribution in [0.3, 0.4) is 0 Å². The molecule has 7 heteroatoms. The average Bonchev–Trinajstić information content (AvgIpc) is 3.01. The number of nitriles is 1. The molecule has 23 heavy (non-hydrogen) atoms. The van der Waals surface area contributed by atoms with E-state index in [1.165, 1.54) is 22.9 Å². The molecule has 1 aromatic carbocycles. The van der Waals surface area contributed by atoms with E-state index >= 15 is 0 Å². The Hall–Kier alpha value is -2.33. The van der Waals surface area contributed by atoms with E-state index < -0.39 is 0 Å². The smallest absolute Gasteiger partial charge is 0.232 e. The first-order chi connectivity index (χ1) is 11.0. The van der Waals surface area contributed by atoms with Crippen molar-refractivity contribution < 1.29 is 4.79 Å². The molecule has 1 amide bonds. The van der Waals surface area contributed by atoms with Crippen LogP contribution in [0.1, 0.15) is 17.5 Å². The summed E-state index contributed by atoms with van der Waals surface area (Å²) < 4.78 is 1.87. The first-order valence-corrected chi connectivity index (χ1v) is 8.23. The maximum absolute atomic E-state index is 12.0. The minimum atomic E-state index is -0.0279. The summed E-state index contributed by atoms with van der Waals surface area (Å²) in [6.45, 7) is 4.57. The SMILES string of the molecule is Cc1ccc(-n2cnnc2SCC(=O)N(C)CCC#N)cc1C. The summed E-state index contributed by atoms with van der Waals surface area (Å²) in [5.74, 6) is 0.241. The molecule has 0 radical (unpaired) electrons. The molecule has 6 nitrogen and oxygen atoms in total. The molecule has 1 heterocycles. The van der Waals surface area contributed by atoms with Crippen LogP contribution in [0.2, 0.25) is 0 Å². The van der Waals surface area contributed by atoms with Gasteiger partial charge in [-0.3, -0.25) is 9.36 Å². The van der Waals surface area contributed by atoms with Gasteiger partial charge < -0.3 is 4.90 Å². The van der Waals surface area contributed by atoms with Gasteiger partial charge in [-0.25, -0.2) is 0 Å². The van der Waals surface area contributed by atoms with Crippen LogP contribution in [0.5, 0.6) is 0 Å². The van der Waals surface area contributed by atoms with E-state index in [2.05, 4.69) is 36.2 Å². The molecule has 0 spiro atoms. The number of benzene rings is 1. The van der Waals surface area contributed by atoms with Crippen LogP contribution in [0, 0.1) is 25.2 Å². The van der Waals surface area contributed by atoms with Crippen molar-refractivity contribution in [2.45, 2.75) is 25.4 Å². The zero-order chi connectivity index (χ0) is 16.8. The van der Waals surface area contributed by atoms with Gasteiger partial charge in [-0.1, -0.05) is 17.8 Å². The molecule has 0 bridgehead atoms. The van der Waals surface area contributed by atoms with E-state index in [4.69, 9.17) is 5.26 Å². The zero-order valence-electron chi connectivity index (χ0n) is 13.5. The second kappa shape index (κ2) is 7.79. The quantitative estimate of drug-likeness (QED) is 0.761. The molecule has 0 aliphatic rings. The fraction of sp³-hybridized carbons (Fsp3) is 0.375. The monoisotopic (exact) mass is 329 g/mol. The van der Waals surface area contributed by atoms with Crippen LogP contribution < -0.4 is 0 Å².